The van der Waals surface area contributed by atoms with Gasteiger partial charge in [0.1, 0.15) is 12.0 Å². The first-order valence-corrected chi connectivity index (χ1v) is 8.54. The average molecular weight is 350 g/mol. The highest BCUT2D eigenvalue weighted by atomic mass is 16.3. The second kappa shape index (κ2) is 7.82. The van der Waals surface area contributed by atoms with Gasteiger partial charge < -0.3 is 15.5 Å². The van der Waals surface area contributed by atoms with Crippen molar-refractivity contribution in [2.24, 2.45) is 5.73 Å². The molecule has 0 spiro atoms. The number of aromatic nitrogens is 2. The van der Waals surface area contributed by atoms with Gasteiger partial charge in [0.05, 0.1) is 12.6 Å². The van der Waals surface area contributed by atoms with Crippen LogP contribution in [0.25, 0.3) is 11.6 Å². The van der Waals surface area contributed by atoms with Crippen LogP contribution in [-0.4, -0.2) is 15.9 Å². The number of primary amides is 1. The van der Waals surface area contributed by atoms with Crippen LogP contribution in [0.15, 0.2) is 59.0 Å². The Morgan fingerprint density at radius 2 is 2.27 bits per heavy atom. The fraction of sp³-hybridized carbons (Fsp3) is 0.250. The zero-order chi connectivity index (χ0) is 18.5. The van der Waals surface area contributed by atoms with Gasteiger partial charge in [-0.1, -0.05) is 18.7 Å². The third-order valence-electron chi connectivity index (χ3n) is 4.22. The Kier molecular flexibility index (Phi) is 5.31. The standard InChI is InChI=1S/C20H22N4O2/c1-3-14(11-19(21)25)8-7-13(2)23-17-12-18(20-22-9-10-26-20)24-16-6-4-5-15(16)17/h3,7-10,12H,1,4-6,11H2,2H3,(H2,21,25)(H,23,24)/b13-7+,14-8+. The van der Waals surface area contributed by atoms with E-state index in [0.717, 1.165) is 47.6 Å². The minimum absolute atomic E-state index is 0.173. The topological polar surface area (TPSA) is 94.0 Å². The van der Waals surface area contributed by atoms with E-state index in [2.05, 4.69) is 16.9 Å². The molecule has 1 aliphatic carbocycles. The number of aryl methyl sites for hydroxylation is 1. The molecule has 1 aliphatic rings. The lowest BCUT2D eigenvalue weighted by atomic mass is 10.1. The first-order chi connectivity index (χ1) is 12.6. The van der Waals surface area contributed by atoms with Crippen molar-refractivity contribution in [3.05, 3.63) is 65.9 Å². The summed E-state index contributed by atoms with van der Waals surface area (Å²) in [5.41, 5.74) is 11.0. The molecule has 3 N–H and O–H groups in total. The van der Waals surface area contributed by atoms with Crippen molar-refractivity contribution in [2.75, 3.05) is 5.32 Å². The number of oxazole rings is 1. The fourth-order valence-electron chi connectivity index (χ4n) is 3.00. The molecule has 6 nitrogen and oxygen atoms in total. The van der Waals surface area contributed by atoms with E-state index in [0.29, 0.717) is 5.89 Å². The molecule has 0 unspecified atom stereocenters. The predicted molar refractivity (Wildman–Crippen MR) is 101 cm³/mol. The summed E-state index contributed by atoms with van der Waals surface area (Å²) in [7, 11) is 0. The summed E-state index contributed by atoms with van der Waals surface area (Å²) < 4.78 is 5.39. The summed E-state index contributed by atoms with van der Waals surface area (Å²) in [6.45, 7) is 5.68. The van der Waals surface area contributed by atoms with Gasteiger partial charge in [-0.2, -0.15) is 0 Å². The lowest BCUT2D eigenvalue weighted by Gasteiger charge is -2.12. The van der Waals surface area contributed by atoms with Crippen molar-refractivity contribution >= 4 is 11.6 Å². The summed E-state index contributed by atoms with van der Waals surface area (Å²) in [6.07, 6.45) is 11.8. The van der Waals surface area contributed by atoms with Crippen molar-refractivity contribution < 1.29 is 9.21 Å². The molecule has 0 saturated carbocycles. The number of amides is 1. The highest BCUT2D eigenvalue weighted by Gasteiger charge is 2.19. The molecule has 6 heteroatoms. The highest BCUT2D eigenvalue weighted by Crippen LogP contribution is 2.32. The van der Waals surface area contributed by atoms with Gasteiger partial charge in [-0.25, -0.2) is 9.97 Å². The summed E-state index contributed by atoms with van der Waals surface area (Å²) in [6, 6.07) is 1.97. The van der Waals surface area contributed by atoms with Gasteiger partial charge >= 0.3 is 0 Å². The second-order valence-electron chi connectivity index (χ2n) is 6.23. The largest absolute Gasteiger partial charge is 0.443 e. The van der Waals surface area contributed by atoms with Crippen LogP contribution in [0.4, 0.5) is 5.69 Å². The SMILES string of the molecule is C=C/C(=C\C=C(/C)Nc1cc(-c2ncco2)nc2c1CCC2)CC(N)=O. The zero-order valence-corrected chi connectivity index (χ0v) is 14.8. The van der Waals surface area contributed by atoms with Crippen LogP contribution in [-0.2, 0) is 17.6 Å². The van der Waals surface area contributed by atoms with Crippen LogP contribution >= 0.6 is 0 Å². The molecular weight excluding hydrogens is 328 g/mol. The number of pyridine rings is 1. The molecule has 1 amide bonds. The smallest absolute Gasteiger partial charge is 0.245 e. The second-order valence-corrected chi connectivity index (χ2v) is 6.23. The van der Waals surface area contributed by atoms with Crippen LogP contribution in [0.2, 0.25) is 0 Å². The zero-order valence-electron chi connectivity index (χ0n) is 14.8. The van der Waals surface area contributed by atoms with E-state index >= 15 is 0 Å². The van der Waals surface area contributed by atoms with Gasteiger partial charge in [0, 0.05) is 17.1 Å². The Hall–Kier alpha value is -3.15. The lowest BCUT2D eigenvalue weighted by molar-refractivity contribution is -0.117. The van der Waals surface area contributed by atoms with E-state index in [1.807, 2.05) is 25.1 Å². The molecule has 0 aliphatic heterocycles. The summed E-state index contributed by atoms with van der Waals surface area (Å²) in [5, 5.41) is 3.43. The molecule has 2 aromatic heterocycles. The maximum atomic E-state index is 11.1. The van der Waals surface area contributed by atoms with E-state index in [1.54, 1.807) is 18.5 Å². The fourth-order valence-corrected chi connectivity index (χ4v) is 3.00. The van der Waals surface area contributed by atoms with E-state index in [9.17, 15) is 4.79 Å². The lowest BCUT2D eigenvalue weighted by Crippen LogP contribution is -2.10. The third-order valence-corrected chi connectivity index (χ3v) is 4.22. The van der Waals surface area contributed by atoms with Crippen LogP contribution < -0.4 is 11.1 Å². The Morgan fingerprint density at radius 3 is 2.96 bits per heavy atom. The minimum atomic E-state index is -0.377. The molecule has 134 valence electrons. The van der Waals surface area contributed by atoms with Crippen molar-refractivity contribution in [2.45, 2.75) is 32.6 Å². The molecule has 26 heavy (non-hydrogen) atoms. The molecule has 0 atom stereocenters. The monoisotopic (exact) mass is 350 g/mol. The number of nitrogens with two attached hydrogens (primary N) is 1. The normalized spacial score (nSPS) is 14.2. The number of hydrogen-bond donors (Lipinski definition) is 2. The third kappa shape index (κ3) is 4.08. The van der Waals surface area contributed by atoms with Crippen LogP contribution in [0.3, 0.4) is 0 Å². The maximum absolute atomic E-state index is 11.1. The van der Waals surface area contributed by atoms with Crippen LogP contribution in [0, 0.1) is 0 Å². The number of nitrogens with zero attached hydrogens (tertiary/aromatic N) is 2. The first-order valence-electron chi connectivity index (χ1n) is 8.54. The van der Waals surface area contributed by atoms with Crippen molar-refractivity contribution in [1.29, 1.82) is 0 Å². The van der Waals surface area contributed by atoms with E-state index in [-0.39, 0.29) is 12.3 Å². The molecule has 2 aromatic rings. The van der Waals surface area contributed by atoms with E-state index in [1.165, 1.54) is 5.56 Å². The number of anilines is 1. The molecule has 2 heterocycles. The maximum Gasteiger partial charge on any atom is 0.245 e. The number of carbonyl (C=O) groups excluding carboxylic acids is 1. The molecule has 0 fully saturated rings. The molecule has 0 radical (unpaired) electrons. The average Bonchev–Trinajstić information content (AvgIpc) is 3.29. The quantitative estimate of drug-likeness (QED) is 0.745. The first kappa shape index (κ1) is 17.7. The molecule has 0 saturated heterocycles. The number of allylic oxidation sites excluding steroid dienone is 4. The van der Waals surface area contributed by atoms with E-state index < -0.39 is 0 Å². The highest BCUT2D eigenvalue weighted by molar-refractivity contribution is 5.77. The Labute approximate surface area is 152 Å². The van der Waals surface area contributed by atoms with Crippen molar-refractivity contribution in [1.82, 2.24) is 9.97 Å². The molecule has 0 bridgehead atoms. The Bertz CT molecular complexity index is 879. The Balaban J connectivity index is 1.87. The van der Waals surface area contributed by atoms with Gasteiger partial charge in [-0.05, 0) is 49.5 Å². The van der Waals surface area contributed by atoms with Crippen molar-refractivity contribution in [3.63, 3.8) is 0 Å². The van der Waals surface area contributed by atoms with Gasteiger partial charge in [-0.3, -0.25) is 4.79 Å². The molecule has 3 rings (SSSR count). The number of nitrogens with one attached hydrogen (secondary N) is 1. The van der Waals surface area contributed by atoms with Crippen LogP contribution in [0.5, 0.6) is 0 Å². The summed E-state index contributed by atoms with van der Waals surface area (Å²) in [5.74, 6) is 0.136. The predicted octanol–water partition coefficient (Wildman–Crippen LogP) is 3.53. The number of hydrogen-bond acceptors (Lipinski definition) is 5. The number of fused-ring (bicyclic) bond motifs is 1. The van der Waals surface area contributed by atoms with E-state index in [4.69, 9.17) is 15.1 Å². The number of rotatable bonds is 7. The van der Waals surface area contributed by atoms with Crippen LogP contribution in [0.1, 0.15) is 31.0 Å². The Morgan fingerprint density at radius 1 is 1.42 bits per heavy atom. The van der Waals surface area contributed by atoms with Gasteiger partial charge in [-0.15, -0.1) is 0 Å². The van der Waals surface area contributed by atoms with Gasteiger partial charge in [0.15, 0.2) is 0 Å². The van der Waals surface area contributed by atoms with Gasteiger partial charge in [0.2, 0.25) is 11.8 Å². The molecule has 0 aromatic carbocycles. The van der Waals surface area contributed by atoms with Crippen molar-refractivity contribution in [3.8, 4) is 11.6 Å². The minimum Gasteiger partial charge on any atom is -0.443 e. The van der Waals surface area contributed by atoms with Gasteiger partial charge in [0.25, 0.3) is 0 Å². The molecular formula is C20H22N4O2. The summed E-state index contributed by atoms with van der Waals surface area (Å²) >= 11 is 0. The number of carbonyl (C=O) groups is 1. The summed E-state index contributed by atoms with van der Waals surface area (Å²) in [4.78, 5) is 19.9.